The Morgan fingerprint density at radius 3 is 2.37 bits per heavy atom. The van der Waals surface area contributed by atoms with Crippen LogP contribution in [0.4, 0.5) is 0 Å². The highest BCUT2D eigenvalue weighted by atomic mass is 16.3. The van der Waals surface area contributed by atoms with Crippen molar-refractivity contribution >= 4 is 11.7 Å². The maximum Gasteiger partial charge on any atom is 0.251 e. The van der Waals surface area contributed by atoms with Gasteiger partial charge in [0.1, 0.15) is 12.6 Å². The Balaban J connectivity index is 2.82. The van der Waals surface area contributed by atoms with Gasteiger partial charge in [0, 0.05) is 11.1 Å². The fourth-order valence-electron chi connectivity index (χ4n) is 1.51. The van der Waals surface area contributed by atoms with Gasteiger partial charge >= 0.3 is 0 Å². The van der Waals surface area contributed by atoms with Crippen LogP contribution in [0.5, 0.6) is 0 Å². The van der Waals surface area contributed by atoms with E-state index in [-0.39, 0.29) is 0 Å². The first-order chi connectivity index (χ1) is 8.99. The lowest BCUT2D eigenvalue weighted by Crippen LogP contribution is -2.48. The molecule has 1 aromatic rings. The number of aliphatic hydroxyl groups is 2. The fourth-order valence-corrected chi connectivity index (χ4v) is 1.51. The number of nitrogens with one attached hydrogen (secondary N) is 1. The molecule has 1 aromatic carbocycles. The number of amides is 1. The van der Waals surface area contributed by atoms with Gasteiger partial charge in [0.15, 0.2) is 5.78 Å². The Bertz CT molecular complexity index is 499. The van der Waals surface area contributed by atoms with Crippen LogP contribution in [-0.4, -0.2) is 40.7 Å². The SMILES string of the molecule is C#Cc1ccc(C(=O)N[C@H](C(=O)CO)[C@@H](C)O)cc1. The third kappa shape index (κ3) is 3.91. The molecule has 1 amide bonds. The molecule has 0 aliphatic rings. The van der Waals surface area contributed by atoms with Crippen molar-refractivity contribution in [1.29, 1.82) is 0 Å². The van der Waals surface area contributed by atoms with Crippen molar-refractivity contribution in [2.75, 3.05) is 6.61 Å². The van der Waals surface area contributed by atoms with Gasteiger partial charge in [-0.1, -0.05) is 5.92 Å². The number of terminal acetylenes is 1. The molecule has 0 heterocycles. The largest absolute Gasteiger partial charge is 0.391 e. The predicted molar refractivity (Wildman–Crippen MR) is 69.4 cm³/mol. The van der Waals surface area contributed by atoms with E-state index in [1.165, 1.54) is 19.1 Å². The quantitative estimate of drug-likeness (QED) is 0.636. The van der Waals surface area contributed by atoms with Crippen molar-refractivity contribution in [2.24, 2.45) is 0 Å². The van der Waals surface area contributed by atoms with Crippen molar-refractivity contribution in [2.45, 2.75) is 19.1 Å². The van der Waals surface area contributed by atoms with E-state index >= 15 is 0 Å². The Hall–Kier alpha value is -2.16. The minimum Gasteiger partial charge on any atom is -0.391 e. The first-order valence-electron chi connectivity index (χ1n) is 5.68. The highest BCUT2D eigenvalue weighted by Gasteiger charge is 2.25. The second-order valence-corrected chi connectivity index (χ2v) is 4.04. The molecule has 3 N–H and O–H groups in total. The summed E-state index contributed by atoms with van der Waals surface area (Å²) >= 11 is 0. The first-order valence-corrected chi connectivity index (χ1v) is 5.68. The Morgan fingerprint density at radius 2 is 1.95 bits per heavy atom. The normalized spacial score (nSPS) is 13.2. The topological polar surface area (TPSA) is 86.6 Å². The molecular weight excluding hydrogens is 246 g/mol. The van der Waals surface area contributed by atoms with Crippen LogP contribution in [-0.2, 0) is 4.79 Å². The number of ketones is 1. The van der Waals surface area contributed by atoms with Gasteiger partial charge in [-0.3, -0.25) is 9.59 Å². The maximum absolute atomic E-state index is 11.9. The minimum atomic E-state index is -1.13. The summed E-state index contributed by atoms with van der Waals surface area (Å²) in [6, 6.07) is 5.10. The van der Waals surface area contributed by atoms with E-state index in [2.05, 4.69) is 11.2 Å². The summed E-state index contributed by atoms with van der Waals surface area (Å²) in [6.07, 6.45) is 4.11. The number of carbonyl (C=O) groups excluding carboxylic acids is 2. The zero-order valence-corrected chi connectivity index (χ0v) is 10.5. The minimum absolute atomic E-state index is 0.315. The van der Waals surface area contributed by atoms with Gasteiger partial charge < -0.3 is 15.5 Å². The van der Waals surface area contributed by atoms with Crippen molar-refractivity contribution in [3.05, 3.63) is 35.4 Å². The molecule has 5 heteroatoms. The van der Waals surface area contributed by atoms with E-state index in [1.54, 1.807) is 12.1 Å². The van der Waals surface area contributed by atoms with Gasteiger partial charge in [0.05, 0.1) is 6.10 Å². The summed E-state index contributed by atoms with van der Waals surface area (Å²) in [5.41, 5.74) is 0.949. The number of Topliss-reactive ketones (excluding diaryl/α,β-unsaturated/α-hetero) is 1. The van der Waals surface area contributed by atoms with E-state index in [0.717, 1.165) is 0 Å². The molecule has 0 unspecified atom stereocenters. The molecule has 0 aromatic heterocycles. The van der Waals surface area contributed by atoms with Crippen LogP contribution >= 0.6 is 0 Å². The molecule has 1 rings (SSSR count). The number of hydrogen-bond acceptors (Lipinski definition) is 4. The highest BCUT2D eigenvalue weighted by Crippen LogP contribution is 2.05. The monoisotopic (exact) mass is 261 g/mol. The van der Waals surface area contributed by atoms with Gasteiger partial charge in [-0.15, -0.1) is 6.42 Å². The molecule has 0 aliphatic heterocycles. The van der Waals surface area contributed by atoms with Crippen LogP contribution in [0.2, 0.25) is 0 Å². The first kappa shape index (κ1) is 14.9. The lowest BCUT2D eigenvalue weighted by molar-refractivity contribution is -0.125. The van der Waals surface area contributed by atoms with Gasteiger partial charge in [-0.2, -0.15) is 0 Å². The molecule has 0 bridgehead atoms. The van der Waals surface area contributed by atoms with Crippen LogP contribution in [0.25, 0.3) is 0 Å². The van der Waals surface area contributed by atoms with E-state index in [9.17, 15) is 14.7 Å². The molecule has 0 saturated carbocycles. The number of hydrogen-bond donors (Lipinski definition) is 3. The molecule has 100 valence electrons. The standard InChI is InChI=1S/C14H15NO4/c1-3-10-4-6-11(7-5-10)14(19)15-13(9(2)17)12(18)8-16/h1,4-7,9,13,16-17H,8H2,2H3,(H,15,19)/t9-,13+/m1/s1. The van der Waals surface area contributed by atoms with Crippen LogP contribution in [0.3, 0.4) is 0 Å². The smallest absolute Gasteiger partial charge is 0.251 e. The average molecular weight is 261 g/mol. The van der Waals surface area contributed by atoms with Crippen molar-refractivity contribution in [1.82, 2.24) is 5.32 Å². The van der Waals surface area contributed by atoms with Crippen LogP contribution in [0, 0.1) is 12.3 Å². The van der Waals surface area contributed by atoms with E-state index < -0.39 is 30.4 Å². The summed E-state index contributed by atoms with van der Waals surface area (Å²) in [4.78, 5) is 23.2. The molecular formula is C14H15NO4. The number of rotatable bonds is 5. The molecule has 2 atom stereocenters. The molecule has 0 radical (unpaired) electrons. The van der Waals surface area contributed by atoms with E-state index in [0.29, 0.717) is 11.1 Å². The van der Waals surface area contributed by atoms with Crippen LogP contribution < -0.4 is 5.32 Å². The number of carbonyl (C=O) groups is 2. The molecule has 0 aliphatic carbocycles. The average Bonchev–Trinajstić information content (AvgIpc) is 2.43. The zero-order chi connectivity index (χ0) is 14.4. The third-order valence-corrected chi connectivity index (χ3v) is 2.59. The summed E-state index contributed by atoms with van der Waals surface area (Å²) in [6.45, 7) is 0.617. The second-order valence-electron chi connectivity index (χ2n) is 4.04. The Labute approximate surface area is 111 Å². The fraction of sp³-hybridized carbons (Fsp3) is 0.286. The van der Waals surface area contributed by atoms with Crippen molar-refractivity contribution in [3.63, 3.8) is 0 Å². The predicted octanol–water partition coefficient (Wildman–Crippen LogP) is -0.292. The molecule has 0 spiro atoms. The Morgan fingerprint density at radius 1 is 1.37 bits per heavy atom. The summed E-state index contributed by atoms with van der Waals surface area (Å²) in [5.74, 6) is 1.25. The van der Waals surface area contributed by atoms with Gasteiger partial charge in [-0.05, 0) is 31.2 Å². The lowest BCUT2D eigenvalue weighted by Gasteiger charge is -2.19. The molecule has 0 fully saturated rings. The lowest BCUT2D eigenvalue weighted by atomic mass is 10.1. The number of benzene rings is 1. The van der Waals surface area contributed by atoms with Crippen LogP contribution in [0.15, 0.2) is 24.3 Å². The van der Waals surface area contributed by atoms with E-state index in [4.69, 9.17) is 11.5 Å². The van der Waals surface area contributed by atoms with Gasteiger partial charge in [0.2, 0.25) is 0 Å². The second kappa shape index (κ2) is 6.69. The summed E-state index contributed by atoms with van der Waals surface area (Å²) in [7, 11) is 0. The molecule has 5 nitrogen and oxygen atoms in total. The highest BCUT2D eigenvalue weighted by molar-refractivity contribution is 5.98. The van der Waals surface area contributed by atoms with E-state index in [1.807, 2.05) is 0 Å². The number of aliphatic hydroxyl groups excluding tert-OH is 2. The molecule has 19 heavy (non-hydrogen) atoms. The maximum atomic E-state index is 11.9. The third-order valence-electron chi connectivity index (χ3n) is 2.59. The van der Waals surface area contributed by atoms with Crippen molar-refractivity contribution < 1.29 is 19.8 Å². The van der Waals surface area contributed by atoms with Gasteiger partial charge in [0.25, 0.3) is 5.91 Å². The Kier molecular flexibility index (Phi) is 5.24. The summed E-state index contributed by atoms with van der Waals surface area (Å²) < 4.78 is 0. The molecule has 0 saturated heterocycles. The summed E-state index contributed by atoms with van der Waals surface area (Å²) in [5, 5.41) is 20.6. The van der Waals surface area contributed by atoms with Crippen molar-refractivity contribution in [3.8, 4) is 12.3 Å². The van der Waals surface area contributed by atoms with Crippen LogP contribution in [0.1, 0.15) is 22.8 Å². The van der Waals surface area contributed by atoms with Gasteiger partial charge in [-0.25, -0.2) is 0 Å². The zero-order valence-electron chi connectivity index (χ0n) is 10.5.